The van der Waals surface area contributed by atoms with E-state index in [1.165, 1.54) is 0 Å². The molecule has 2 saturated heterocycles. The Balaban J connectivity index is 0.000000120. The molecule has 2 heterocycles. The molecule has 0 bridgehead atoms. The lowest BCUT2D eigenvalue weighted by atomic mass is 10.5. The molecule has 6 nitrogen and oxygen atoms in total. The maximum absolute atomic E-state index is 10.1. The molecule has 0 aromatic rings. The summed E-state index contributed by atoms with van der Waals surface area (Å²) >= 11 is 0. The van der Waals surface area contributed by atoms with Crippen LogP contribution in [0.15, 0.2) is 0 Å². The maximum Gasteiger partial charge on any atom is 0.235 e. The summed E-state index contributed by atoms with van der Waals surface area (Å²) in [6, 6.07) is 0. The van der Waals surface area contributed by atoms with Gasteiger partial charge in [0.1, 0.15) is 0 Å². The standard InChI is InChI=1S/2C3H6N2O/c2*6-3-1-2-4-5-3/h2*4H,1-2H2,(H,5,6). The van der Waals surface area contributed by atoms with Crippen molar-refractivity contribution in [3.8, 4) is 0 Å². The minimum Gasteiger partial charge on any atom is -0.292 e. The first-order valence-electron chi connectivity index (χ1n) is 3.82. The molecule has 2 rings (SSSR count). The van der Waals surface area contributed by atoms with Gasteiger partial charge in [0, 0.05) is 25.9 Å². The van der Waals surface area contributed by atoms with E-state index in [-0.39, 0.29) is 11.8 Å². The Morgan fingerprint density at radius 3 is 1.33 bits per heavy atom. The van der Waals surface area contributed by atoms with Crippen molar-refractivity contribution in [2.24, 2.45) is 0 Å². The molecule has 0 unspecified atom stereocenters. The van der Waals surface area contributed by atoms with Gasteiger partial charge in [0.2, 0.25) is 11.8 Å². The van der Waals surface area contributed by atoms with Crippen LogP contribution in [0.1, 0.15) is 12.8 Å². The molecule has 68 valence electrons. The van der Waals surface area contributed by atoms with Crippen LogP contribution < -0.4 is 21.7 Å². The van der Waals surface area contributed by atoms with Crippen LogP contribution in [0.4, 0.5) is 0 Å². The van der Waals surface area contributed by atoms with Crippen LogP contribution in [-0.4, -0.2) is 24.9 Å². The summed E-state index contributed by atoms with van der Waals surface area (Å²) < 4.78 is 0. The summed E-state index contributed by atoms with van der Waals surface area (Å²) in [6.45, 7) is 1.55. The van der Waals surface area contributed by atoms with Gasteiger partial charge in [-0.25, -0.2) is 10.9 Å². The molecule has 2 amide bonds. The van der Waals surface area contributed by atoms with Crippen molar-refractivity contribution in [1.29, 1.82) is 0 Å². The zero-order valence-corrected chi connectivity index (χ0v) is 6.64. The lowest BCUT2D eigenvalue weighted by Crippen LogP contribution is -2.25. The van der Waals surface area contributed by atoms with Gasteiger partial charge in [-0.1, -0.05) is 0 Å². The van der Waals surface area contributed by atoms with E-state index in [0.29, 0.717) is 12.8 Å². The predicted octanol–water partition coefficient (Wildman–Crippen LogP) is -1.98. The van der Waals surface area contributed by atoms with Crippen molar-refractivity contribution in [2.45, 2.75) is 12.8 Å². The van der Waals surface area contributed by atoms with Gasteiger partial charge in [-0.05, 0) is 0 Å². The molecule has 2 fully saturated rings. The van der Waals surface area contributed by atoms with Crippen molar-refractivity contribution in [3.05, 3.63) is 0 Å². The number of carbonyl (C=O) groups excluding carboxylic acids is 2. The van der Waals surface area contributed by atoms with E-state index in [2.05, 4.69) is 21.7 Å². The number of hydrogen-bond donors (Lipinski definition) is 4. The number of nitrogens with one attached hydrogen (secondary N) is 4. The maximum atomic E-state index is 10.1. The molecule has 0 radical (unpaired) electrons. The van der Waals surface area contributed by atoms with Gasteiger partial charge in [0.15, 0.2) is 0 Å². The first kappa shape index (κ1) is 8.95. The van der Waals surface area contributed by atoms with Crippen molar-refractivity contribution in [3.63, 3.8) is 0 Å². The minimum absolute atomic E-state index is 0.0926. The third-order valence-corrected chi connectivity index (χ3v) is 1.41. The Bertz CT molecular complexity index is 146. The first-order chi connectivity index (χ1) is 5.79. The molecule has 2 aliphatic heterocycles. The van der Waals surface area contributed by atoms with E-state index in [4.69, 9.17) is 0 Å². The van der Waals surface area contributed by atoms with E-state index in [0.717, 1.165) is 13.1 Å². The van der Waals surface area contributed by atoms with Gasteiger partial charge in [0.25, 0.3) is 0 Å². The molecule has 0 aromatic carbocycles. The molecule has 0 saturated carbocycles. The zero-order valence-electron chi connectivity index (χ0n) is 6.64. The van der Waals surface area contributed by atoms with Crippen LogP contribution >= 0.6 is 0 Å². The molecule has 2 aliphatic rings. The Hall–Kier alpha value is -1.14. The van der Waals surface area contributed by atoms with Gasteiger partial charge in [-0.2, -0.15) is 0 Å². The van der Waals surface area contributed by atoms with Crippen LogP contribution in [0.25, 0.3) is 0 Å². The second-order valence-corrected chi connectivity index (χ2v) is 2.45. The smallest absolute Gasteiger partial charge is 0.235 e. The highest BCUT2D eigenvalue weighted by atomic mass is 16.2. The topological polar surface area (TPSA) is 82.3 Å². The van der Waals surface area contributed by atoms with Crippen molar-refractivity contribution in [1.82, 2.24) is 21.7 Å². The third kappa shape index (κ3) is 3.31. The predicted molar refractivity (Wildman–Crippen MR) is 41.5 cm³/mol. The first-order valence-corrected chi connectivity index (χ1v) is 3.82. The lowest BCUT2D eigenvalue weighted by Gasteiger charge is -1.83. The average molecular weight is 172 g/mol. The summed E-state index contributed by atoms with van der Waals surface area (Å²) in [5.74, 6) is 0.185. The number of amides is 2. The molecule has 0 aromatic heterocycles. The second-order valence-electron chi connectivity index (χ2n) is 2.45. The number of hydrogen-bond acceptors (Lipinski definition) is 4. The highest BCUT2D eigenvalue weighted by molar-refractivity contribution is 5.77. The lowest BCUT2D eigenvalue weighted by molar-refractivity contribution is -0.120. The fourth-order valence-electron chi connectivity index (χ4n) is 0.799. The molecule has 4 N–H and O–H groups in total. The molecule has 0 aliphatic carbocycles. The van der Waals surface area contributed by atoms with Crippen molar-refractivity contribution in [2.75, 3.05) is 13.1 Å². The van der Waals surface area contributed by atoms with E-state index in [1.807, 2.05) is 0 Å². The van der Waals surface area contributed by atoms with Crippen LogP contribution in [0.2, 0.25) is 0 Å². The van der Waals surface area contributed by atoms with E-state index < -0.39 is 0 Å². The Kier molecular flexibility index (Phi) is 3.49. The Labute approximate surface area is 70.0 Å². The average Bonchev–Trinajstić information content (AvgIpc) is 2.63. The summed E-state index contributed by atoms with van der Waals surface area (Å²) in [5.41, 5.74) is 10.2. The van der Waals surface area contributed by atoms with Crippen molar-refractivity contribution < 1.29 is 9.59 Å². The van der Waals surface area contributed by atoms with Crippen LogP contribution in [0.3, 0.4) is 0 Å². The summed E-state index contributed by atoms with van der Waals surface area (Å²) in [4.78, 5) is 20.1. The van der Waals surface area contributed by atoms with Crippen molar-refractivity contribution >= 4 is 11.8 Å². The quantitative estimate of drug-likeness (QED) is 0.341. The fourth-order valence-corrected chi connectivity index (χ4v) is 0.799. The van der Waals surface area contributed by atoms with Crippen LogP contribution in [0.5, 0.6) is 0 Å². The van der Waals surface area contributed by atoms with E-state index in [9.17, 15) is 9.59 Å². The third-order valence-electron chi connectivity index (χ3n) is 1.41. The van der Waals surface area contributed by atoms with Crippen LogP contribution in [0, 0.1) is 0 Å². The fraction of sp³-hybridized carbons (Fsp3) is 0.667. The summed E-state index contributed by atoms with van der Waals surface area (Å²) in [6.07, 6.45) is 1.25. The number of rotatable bonds is 0. The second kappa shape index (κ2) is 4.68. The number of hydrazine groups is 2. The largest absolute Gasteiger partial charge is 0.292 e. The normalized spacial score (nSPS) is 21.0. The molecular weight excluding hydrogens is 160 g/mol. The van der Waals surface area contributed by atoms with Gasteiger partial charge in [-0.15, -0.1) is 0 Å². The molecule has 0 spiro atoms. The zero-order chi connectivity index (χ0) is 8.81. The molecule has 12 heavy (non-hydrogen) atoms. The molecule has 0 atom stereocenters. The highest BCUT2D eigenvalue weighted by Gasteiger charge is 2.05. The van der Waals surface area contributed by atoms with E-state index in [1.54, 1.807) is 0 Å². The highest BCUT2D eigenvalue weighted by Crippen LogP contribution is 1.79. The minimum atomic E-state index is 0.0926. The molecular formula is C6H12N4O2. The summed E-state index contributed by atoms with van der Waals surface area (Å²) in [7, 11) is 0. The molecule has 6 heteroatoms. The van der Waals surface area contributed by atoms with Gasteiger partial charge in [-0.3, -0.25) is 20.4 Å². The Morgan fingerprint density at radius 2 is 1.25 bits per heavy atom. The van der Waals surface area contributed by atoms with Gasteiger partial charge < -0.3 is 0 Å². The number of carbonyl (C=O) groups is 2. The van der Waals surface area contributed by atoms with E-state index >= 15 is 0 Å². The Morgan fingerprint density at radius 1 is 0.833 bits per heavy atom. The summed E-state index contributed by atoms with van der Waals surface area (Å²) in [5, 5.41) is 0. The monoisotopic (exact) mass is 172 g/mol. The van der Waals surface area contributed by atoms with Gasteiger partial charge in [0.05, 0.1) is 0 Å². The van der Waals surface area contributed by atoms with Crippen LogP contribution in [-0.2, 0) is 9.59 Å². The van der Waals surface area contributed by atoms with Gasteiger partial charge >= 0.3 is 0 Å². The SMILES string of the molecule is O=C1CCNN1.O=C1CCNN1.